The molecule has 0 radical (unpaired) electrons. The van der Waals surface area contributed by atoms with Crippen molar-refractivity contribution >= 4 is 23.4 Å². The lowest BCUT2D eigenvalue weighted by Gasteiger charge is -2.14. The van der Waals surface area contributed by atoms with Gasteiger partial charge in [0.2, 0.25) is 0 Å². The van der Waals surface area contributed by atoms with E-state index in [1.54, 1.807) is 0 Å². The summed E-state index contributed by atoms with van der Waals surface area (Å²) in [4.78, 5) is 0. The summed E-state index contributed by atoms with van der Waals surface area (Å²) >= 11 is 7.79. The predicted octanol–water partition coefficient (Wildman–Crippen LogP) is 3.49. The normalized spacial score (nSPS) is 12.5. The molecule has 0 aliphatic rings. The van der Waals surface area contributed by atoms with Crippen LogP contribution in [0.4, 0.5) is 0 Å². The molecule has 16 heavy (non-hydrogen) atoms. The van der Waals surface area contributed by atoms with Gasteiger partial charge in [-0.05, 0) is 30.9 Å². The summed E-state index contributed by atoms with van der Waals surface area (Å²) < 4.78 is 5.70. The summed E-state index contributed by atoms with van der Waals surface area (Å²) in [5, 5.41) is 0.697. The number of halogens is 1. The number of hydrogen-bond acceptors (Lipinski definition) is 3. The van der Waals surface area contributed by atoms with Gasteiger partial charge in [0, 0.05) is 22.4 Å². The summed E-state index contributed by atoms with van der Waals surface area (Å²) in [6.07, 6.45) is 0. The van der Waals surface area contributed by atoms with Crippen molar-refractivity contribution in [2.75, 3.05) is 18.1 Å². The Morgan fingerprint density at radius 1 is 1.50 bits per heavy atom. The largest absolute Gasteiger partial charge is 0.492 e. The van der Waals surface area contributed by atoms with Gasteiger partial charge in [0.05, 0.1) is 6.61 Å². The molecule has 2 N–H and O–H groups in total. The maximum atomic E-state index is 5.93. The highest BCUT2D eigenvalue weighted by molar-refractivity contribution is 7.99. The van der Waals surface area contributed by atoms with E-state index in [-0.39, 0.29) is 6.04 Å². The number of ether oxygens (including phenoxy) is 1. The van der Waals surface area contributed by atoms with Crippen LogP contribution in [0.15, 0.2) is 18.2 Å². The second-order valence-electron chi connectivity index (χ2n) is 3.52. The summed E-state index contributed by atoms with van der Waals surface area (Å²) in [6.45, 7) is 4.78. The average molecular weight is 260 g/mol. The second-order valence-corrected chi connectivity index (χ2v) is 5.35. The van der Waals surface area contributed by atoms with E-state index >= 15 is 0 Å². The molecular formula is C12H18ClNOS. The average Bonchev–Trinajstić information content (AvgIpc) is 2.26. The van der Waals surface area contributed by atoms with E-state index in [0.717, 1.165) is 22.8 Å². The lowest BCUT2D eigenvalue weighted by molar-refractivity contribution is 0.338. The topological polar surface area (TPSA) is 35.2 Å². The number of thioether (sulfide) groups is 1. The standard InChI is InChI=1S/C12H18ClNOS/c1-3-16-7-6-15-12-5-4-10(13)8-11(12)9(2)14/h4-5,8-9H,3,6-7,14H2,1-2H3. The third-order valence-electron chi connectivity index (χ3n) is 2.15. The zero-order chi connectivity index (χ0) is 12.0. The Morgan fingerprint density at radius 3 is 2.88 bits per heavy atom. The molecule has 1 aromatic rings. The van der Waals surface area contributed by atoms with Crippen LogP contribution in [0, 0.1) is 0 Å². The van der Waals surface area contributed by atoms with Crippen molar-refractivity contribution < 1.29 is 4.74 Å². The molecule has 0 heterocycles. The van der Waals surface area contributed by atoms with Crippen LogP contribution < -0.4 is 10.5 Å². The van der Waals surface area contributed by atoms with Gasteiger partial charge in [-0.3, -0.25) is 0 Å². The second kappa shape index (κ2) is 7.05. The van der Waals surface area contributed by atoms with Crippen molar-refractivity contribution in [3.63, 3.8) is 0 Å². The fourth-order valence-corrected chi connectivity index (χ4v) is 2.03. The molecule has 0 bridgehead atoms. The number of benzene rings is 1. The molecule has 1 rings (SSSR count). The molecule has 1 unspecified atom stereocenters. The molecule has 0 aliphatic heterocycles. The minimum atomic E-state index is -0.0625. The van der Waals surface area contributed by atoms with Crippen LogP contribution in [0.25, 0.3) is 0 Å². The molecule has 0 amide bonds. The maximum absolute atomic E-state index is 5.93. The van der Waals surface area contributed by atoms with Gasteiger partial charge >= 0.3 is 0 Å². The van der Waals surface area contributed by atoms with E-state index in [1.165, 1.54) is 0 Å². The van der Waals surface area contributed by atoms with Gasteiger partial charge in [-0.1, -0.05) is 18.5 Å². The molecule has 1 atom stereocenters. The van der Waals surface area contributed by atoms with Gasteiger partial charge in [-0.2, -0.15) is 11.8 Å². The first kappa shape index (κ1) is 13.7. The molecule has 0 saturated heterocycles. The van der Waals surface area contributed by atoms with E-state index < -0.39 is 0 Å². The Kier molecular flexibility index (Phi) is 6.03. The van der Waals surface area contributed by atoms with Crippen LogP contribution in [0.2, 0.25) is 5.02 Å². The van der Waals surface area contributed by atoms with Crippen molar-refractivity contribution in [3.8, 4) is 5.75 Å². The van der Waals surface area contributed by atoms with Crippen LogP contribution in [0.1, 0.15) is 25.5 Å². The third-order valence-corrected chi connectivity index (χ3v) is 3.25. The quantitative estimate of drug-likeness (QED) is 0.795. The highest BCUT2D eigenvalue weighted by Crippen LogP contribution is 2.27. The maximum Gasteiger partial charge on any atom is 0.124 e. The van der Waals surface area contributed by atoms with Crippen LogP contribution in [-0.4, -0.2) is 18.1 Å². The first-order valence-electron chi connectivity index (χ1n) is 5.40. The lowest BCUT2D eigenvalue weighted by Crippen LogP contribution is -2.09. The fraction of sp³-hybridized carbons (Fsp3) is 0.500. The van der Waals surface area contributed by atoms with Crippen LogP contribution >= 0.6 is 23.4 Å². The minimum absolute atomic E-state index is 0.0625. The van der Waals surface area contributed by atoms with Gasteiger partial charge in [-0.25, -0.2) is 0 Å². The smallest absolute Gasteiger partial charge is 0.124 e. The monoisotopic (exact) mass is 259 g/mol. The van der Waals surface area contributed by atoms with Crippen molar-refractivity contribution in [3.05, 3.63) is 28.8 Å². The molecule has 4 heteroatoms. The molecule has 2 nitrogen and oxygen atoms in total. The van der Waals surface area contributed by atoms with Crippen LogP contribution in [0.5, 0.6) is 5.75 Å². The summed E-state index contributed by atoms with van der Waals surface area (Å²) in [7, 11) is 0. The fourth-order valence-electron chi connectivity index (χ4n) is 1.36. The lowest BCUT2D eigenvalue weighted by atomic mass is 10.1. The van der Waals surface area contributed by atoms with E-state index in [1.807, 2.05) is 36.9 Å². The molecule has 1 aromatic carbocycles. The third kappa shape index (κ3) is 4.24. The van der Waals surface area contributed by atoms with Gasteiger partial charge < -0.3 is 10.5 Å². The van der Waals surface area contributed by atoms with E-state index in [9.17, 15) is 0 Å². The minimum Gasteiger partial charge on any atom is -0.492 e. The summed E-state index contributed by atoms with van der Waals surface area (Å²) in [5.41, 5.74) is 6.84. The zero-order valence-electron chi connectivity index (χ0n) is 9.70. The Balaban J connectivity index is 2.64. The Hall–Kier alpha value is -0.380. The van der Waals surface area contributed by atoms with Crippen molar-refractivity contribution in [1.82, 2.24) is 0 Å². The van der Waals surface area contributed by atoms with Crippen molar-refractivity contribution in [1.29, 1.82) is 0 Å². The molecule has 90 valence electrons. The molecule has 0 saturated carbocycles. The predicted molar refractivity (Wildman–Crippen MR) is 72.5 cm³/mol. The number of hydrogen-bond donors (Lipinski definition) is 1. The van der Waals surface area contributed by atoms with Gasteiger partial charge in [0.1, 0.15) is 5.75 Å². The molecular weight excluding hydrogens is 242 g/mol. The molecule has 0 spiro atoms. The molecule has 0 aromatic heterocycles. The SMILES string of the molecule is CCSCCOc1ccc(Cl)cc1C(C)N. The Bertz CT molecular complexity index is 331. The van der Waals surface area contributed by atoms with Crippen molar-refractivity contribution in [2.24, 2.45) is 5.73 Å². The van der Waals surface area contributed by atoms with Gasteiger partial charge in [-0.15, -0.1) is 0 Å². The number of rotatable bonds is 6. The zero-order valence-corrected chi connectivity index (χ0v) is 11.3. The van der Waals surface area contributed by atoms with Crippen LogP contribution in [-0.2, 0) is 0 Å². The highest BCUT2D eigenvalue weighted by atomic mass is 35.5. The van der Waals surface area contributed by atoms with Gasteiger partial charge in [0.25, 0.3) is 0 Å². The first-order valence-corrected chi connectivity index (χ1v) is 6.94. The highest BCUT2D eigenvalue weighted by Gasteiger charge is 2.08. The Labute approximate surface area is 107 Å². The van der Waals surface area contributed by atoms with Gasteiger partial charge in [0.15, 0.2) is 0 Å². The first-order chi connectivity index (χ1) is 7.65. The van der Waals surface area contributed by atoms with Crippen LogP contribution in [0.3, 0.4) is 0 Å². The van der Waals surface area contributed by atoms with E-state index in [4.69, 9.17) is 22.1 Å². The summed E-state index contributed by atoms with van der Waals surface area (Å²) in [6, 6.07) is 5.52. The molecule has 0 fully saturated rings. The van der Waals surface area contributed by atoms with E-state index in [2.05, 4.69) is 6.92 Å². The van der Waals surface area contributed by atoms with Crippen molar-refractivity contribution in [2.45, 2.75) is 19.9 Å². The van der Waals surface area contributed by atoms with E-state index in [0.29, 0.717) is 11.6 Å². The molecule has 0 aliphatic carbocycles. The summed E-state index contributed by atoms with van der Waals surface area (Å²) in [5.74, 6) is 2.96. The number of nitrogens with two attached hydrogens (primary N) is 1. The Morgan fingerprint density at radius 2 is 2.25 bits per heavy atom.